The first kappa shape index (κ1) is 12.0. The lowest BCUT2D eigenvalue weighted by Crippen LogP contribution is -2.30. The van der Waals surface area contributed by atoms with Crippen LogP contribution < -0.4 is 5.32 Å². The van der Waals surface area contributed by atoms with Gasteiger partial charge in [-0.25, -0.2) is 0 Å². The minimum absolute atomic E-state index is 0.582. The summed E-state index contributed by atoms with van der Waals surface area (Å²) in [4.78, 5) is 1.36. The van der Waals surface area contributed by atoms with Crippen molar-refractivity contribution in [2.45, 2.75) is 24.3 Å². The van der Waals surface area contributed by atoms with Crippen LogP contribution in [0.25, 0.3) is 0 Å². The molecule has 2 rings (SSSR count). The topological polar surface area (TPSA) is 21.3 Å². The van der Waals surface area contributed by atoms with Crippen molar-refractivity contribution >= 4 is 11.8 Å². The molecule has 0 aliphatic carbocycles. The maximum absolute atomic E-state index is 5.32. The molecule has 1 aromatic rings. The van der Waals surface area contributed by atoms with E-state index in [-0.39, 0.29) is 0 Å². The van der Waals surface area contributed by atoms with Crippen LogP contribution in [0.5, 0.6) is 0 Å². The fourth-order valence-corrected chi connectivity index (χ4v) is 2.55. The molecule has 0 spiro atoms. The van der Waals surface area contributed by atoms with E-state index in [1.54, 1.807) is 0 Å². The lowest BCUT2D eigenvalue weighted by Gasteiger charge is -2.09. The van der Waals surface area contributed by atoms with Crippen LogP contribution in [0.2, 0.25) is 0 Å². The molecule has 88 valence electrons. The van der Waals surface area contributed by atoms with E-state index < -0.39 is 0 Å². The summed E-state index contributed by atoms with van der Waals surface area (Å²) in [6.07, 6.45) is 1.16. The van der Waals surface area contributed by atoms with Crippen LogP contribution in [-0.4, -0.2) is 31.6 Å². The number of aryl methyl sites for hydroxylation is 1. The lowest BCUT2D eigenvalue weighted by atomic mass is 10.2. The molecule has 1 aromatic carbocycles. The van der Waals surface area contributed by atoms with E-state index in [9.17, 15) is 0 Å². The molecule has 16 heavy (non-hydrogen) atoms. The van der Waals surface area contributed by atoms with Gasteiger partial charge in [0, 0.05) is 29.8 Å². The molecule has 1 saturated heterocycles. The Labute approximate surface area is 102 Å². The number of benzene rings is 1. The molecule has 0 amide bonds. The molecule has 1 atom stereocenters. The minimum atomic E-state index is 0.582. The fraction of sp³-hybridized carbons (Fsp3) is 0.538. The Kier molecular flexibility index (Phi) is 4.69. The van der Waals surface area contributed by atoms with Gasteiger partial charge in [-0.15, -0.1) is 11.8 Å². The monoisotopic (exact) mass is 237 g/mol. The molecule has 3 heteroatoms. The van der Waals surface area contributed by atoms with Gasteiger partial charge in [0.15, 0.2) is 0 Å². The maximum Gasteiger partial charge on any atom is 0.0620 e. The van der Waals surface area contributed by atoms with Crippen molar-refractivity contribution in [2.24, 2.45) is 0 Å². The first-order chi connectivity index (χ1) is 7.84. The van der Waals surface area contributed by atoms with Crippen molar-refractivity contribution in [2.75, 3.05) is 25.5 Å². The first-order valence-corrected chi connectivity index (χ1v) is 6.84. The highest BCUT2D eigenvalue weighted by molar-refractivity contribution is 7.99. The Morgan fingerprint density at radius 2 is 2.19 bits per heavy atom. The number of nitrogens with one attached hydrogen (secondary N) is 1. The highest BCUT2D eigenvalue weighted by atomic mass is 32.2. The Balaban J connectivity index is 1.62. The molecule has 2 nitrogen and oxygen atoms in total. The third kappa shape index (κ3) is 3.81. The van der Waals surface area contributed by atoms with Crippen LogP contribution in [0.15, 0.2) is 29.2 Å². The normalized spacial score (nSPS) is 20.2. The zero-order valence-electron chi connectivity index (χ0n) is 9.74. The van der Waals surface area contributed by atoms with Crippen LogP contribution >= 0.6 is 11.8 Å². The Bertz CT molecular complexity index is 306. The van der Waals surface area contributed by atoms with Crippen molar-refractivity contribution < 1.29 is 4.74 Å². The van der Waals surface area contributed by atoms with Crippen LogP contribution in [0.3, 0.4) is 0 Å². The maximum atomic E-state index is 5.32. The largest absolute Gasteiger partial charge is 0.380 e. The Morgan fingerprint density at radius 3 is 2.88 bits per heavy atom. The van der Waals surface area contributed by atoms with E-state index in [1.807, 2.05) is 11.8 Å². The third-order valence-corrected chi connectivity index (χ3v) is 3.77. The smallest absolute Gasteiger partial charge is 0.0620 e. The number of hydrogen-bond donors (Lipinski definition) is 1. The van der Waals surface area contributed by atoms with Gasteiger partial charge >= 0.3 is 0 Å². The average molecular weight is 237 g/mol. The second kappa shape index (κ2) is 6.28. The second-order valence-electron chi connectivity index (χ2n) is 4.18. The van der Waals surface area contributed by atoms with Crippen molar-refractivity contribution in [3.63, 3.8) is 0 Å². The van der Waals surface area contributed by atoms with Crippen molar-refractivity contribution in [1.29, 1.82) is 0 Å². The predicted octanol–water partition coefficient (Wildman–Crippen LogP) is 2.47. The van der Waals surface area contributed by atoms with Crippen molar-refractivity contribution in [3.05, 3.63) is 29.8 Å². The standard InChI is InChI=1S/C13H19NOS/c1-11-2-4-13(5-3-11)16-9-7-14-12-6-8-15-10-12/h2-5,12,14H,6-10H2,1H3. The predicted molar refractivity (Wildman–Crippen MR) is 69.1 cm³/mol. The fourth-order valence-electron chi connectivity index (χ4n) is 1.76. The lowest BCUT2D eigenvalue weighted by molar-refractivity contribution is 0.190. The van der Waals surface area contributed by atoms with Gasteiger partial charge in [0.05, 0.1) is 6.61 Å². The van der Waals surface area contributed by atoms with E-state index in [0.717, 1.165) is 31.9 Å². The third-order valence-electron chi connectivity index (χ3n) is 2.75. The second-order valence-corrected chi connectivity index (χ2v) is 5.34. The van der Waals surface area contributed by atoms with E-state index in [4.69, 9.17) is 4.74 Å². The molecule has 0 radical (unpaired) electrons. The highest BCUT2D eigenvalue weighted by Crippen LogP contribution is 2.17. The number of ether oxygens (including phenoxy) is 1. The molecule has 0 aromatic heterocycles. The molecule has 1 unspecified atom stereocenters. The zero-order valence-corrected chi connectivity index (χ0v) is 10.6. The highest BCUT2D eigenvalue weighted by Gasteiger charge is 2.13. The van der Waals surface area contributed by atoms with Crippen molar-refractivity contribution in [1.82, 2.24) is 5.32 Å². The van der Waals surface area contributed by atoms with Gasteiger partial charge in [0.25, 0.3) is 0 Å². The summed E-state index contributed by atoms with van der Waals surface area (Å²) in [5.41, 5.74) is 1.32. The van der Waals surface area contributed by atoms with E-state index in [0.29, 0.717) is 6.04 Å². The summed E-state index contributed by atoms with van der Waals surface area (Å²) in [6.45, 7) is 4.99. The molecule has 1 N–H and O–H groups in total. The first-order valence-electron chi connectivity index (χ1n) is 5.85. The Hall–Kier alpha value is -0.510. The molecular formula is C13H19NOS. The molecular weight excluding hydrogens is 218 g/mol. The number of thioether (sulfide) groups is 1. The van der Waals surface area contributed by atoms with Crippen LogP contribution in [0, 0.1) is 6.92 Å². The molecule has 0 bridgehead atoms. The van der Waals surface area contributed by atoms with Crippen LogP contribution in [0.4, 0.5) is 0 Å². The van der Waals surface area contributed by atoms with Crippen LogP contribution in [-0.2, 0) is 4.74 Å². The summed E-state index contributed by atoms with van der Waals surface area (Å²) in [6, 6.07) is 9.30. The quantitative estimate of drug-likeness (QED) is 0.628. The van der Waals surface area contributed by atoms with Crippen molar-refractivity contribution in [3.8, 4) is 0 Å². The molecule has 1 heterocycles. The van der Waals surface area contributed by atoms with Gasteiger partial charge in [0.2, 0.25) is 0 Å². The summed E-state index contributed by atoms with van der Waals surface area (Å²) >= 11 is 1.91. The van der Waals surface area contributed by atoms with Gasteiger partial charge in [-0.3, -0.25) is 0 Å². The molecule has 1 aliphatic rings. The van der Waals surface area contributed by atoms with Gasteiger partial charge in [-0.2, -0.15) is 0 Å². The van der Waals surface area contributed by atoms with E-state index in [2.05, 4.69) is 36.5 Å². The Morgan fingerprint density at radius 1 is 1.38 bits per heavy atom. The summed E-state index contributed by atoms with van der Waals surface area (Å²) < 4.78 is 5.32. The summed E-state index contributed by atoms with van der Waals surface area (Å²) in [7, 11) is 0. The molecule has 0 saturated carbocycles. The number of hydrogen-bond acceptors (Lipinski definition) is 3. The zero-order chi connectivity index (χ0) is 11.2. The summed E-state index contributed by atoms with van der Waals surface area (Å²) in [5, 5.41) is 3.52. The molecule has 1 aliphatic heterocycles. The minimum Gasteiger partial charge on any atom is -0.380 e. The number of rotatable bonds is 5. The van der Waals surface area contributed by atoms with E-state index >= 15 is 0 Å². The average Bonchev–Trinajstić information content (AvgIpc) is 2.80. The van der Waals surface area contributed by atoms with Gasteiger partial charge in [-0.1, -0.05) is 17.7 Å². The van der Waals surface area contributed by atoms with Gasteiger partial charge in [-0.05, 0) is 25.5 Å². The van der Waals surface area contributed by atoms with Gasteiger partial charge in [0.1, 0.15) is 0 Å². The SMILES string of the molecule is Cc1ccc(SCCNC2CCOC2)cc1. The summed E-state index contributed by atoms with van der Waals surface area (Å²) in [5.74, 6) is 1.12. The van der Waals surface area contributed by atoms with E-state index in [1.165, 1.54) is 10.5 Å². The van der Waals surface area contributed by atoms with Crippen LogP contribution in [0.1, 0.15) is 12.0 Å². The van der Waals surface area contributed by atoms with Gasteiger partial charge < -0.3 is 10.1 Å². The molecule has 1 fully saturated rings.